The molecule has 1 unspecified atom stereocenters. The summed E-state index contributed by atoms with van der Waals surface area (Å²) in [6.45, 7) is 4.34. The zero-order valence-electron chi connectivity index (χ0n) is 12.5. The smallest absolute Gasteiger partial charge is 0.0597 e. The van der Waals surface area contributed by atoms with E-state index in [1.165, 1.54) is 16.5 Å². The SMILES string of the molecule is C#CCSC(=S)C(CCC)/C(CCC)=C(/SCl)SCC#C. The van der Waals surface area contributed by atoms with Crippen LogP contribution in [0.4, 0.5) is 0 Å². The Labute approximate surface area is 152 Å². The minimum Gasteiger partial charge on any atom is -0.119 e. The summed E-state index contributed by atoms with van der Waals surface area (Å²) in [5.41, 5.74) is 1.33. The summed E-state index contributed by atoms with van der Waals surface area (Å²) in [5.74, 6) is 6.81. The molecule has 0 N–H and O–H groups in total. The average Bonchev–Trinajstić information content (AvgIpc) is 2.50. The van der Waals surface area contributed by atoms with Gasteiger partial charge in [0.25, 0.3) is 0 Å². The Hall–Kier alpha value is 0.290. The molecule has 0 rings (SSSR count). The van der Waals surface area contributed by atoms with E-state index in [2.05, 4.69) is 25.7 Å². The van der Waals surface area contributed by atoms with Crippen LogP contribution >= 0.6 is 57.4 Å². The Morgan fingerprint density at radius 3 is 2.24 bits per heavy atom. The van der Waals surface area contributed by atoms with Crippen molar-refractivity contribution in [3.63, 3.8) is 0 Å². The lowest BCUT2D eigenvalue weighted by Gasteiger charge is -2.22. The number of hydrogen-bond donors (Lipinski definition) is 0. The van der Waals surface area contributed by atoms with E-state index in [4.69, 9.17) is 35.7 Å². The van der Waals surface area contributed by atoms with Crippen LogP contribution in [0.1, 0.15) is 39.5 Å². The predicted octanol–water partition coefficient (Wildman–Crippen LogP) is 6.36. The monoisotopic (exact) mass is 376 g/mol. The van der Waals surface area contributed by atoms with Crippen molar-refractivity contribution in [1.82, 2.24) is 0 Å². The summed E-state index contributed by atoms with van der Waals surface area (Å²) in [6.07, 6.45) is 14.9. The van der Waals surface area contributed by atoms with Gasteiger partial charge in [-0.25, -0.2) is 0 Å². The number of allylic oxidation sites excluding steroid dienone is 1. The number of hydrogen-bond acceptors (Lipinski definition) is 4. The Morgan fingerprint density at radius 1 is 1.14 bits per heavy atom. The lowest BCUT2D eigenvalue weighted by Crippen LogP contribution is -2.14. The van der Waals surface area contributed by atoms with Crippen LogP contribution in [0, 0.1) is 30.6 Å². The minimum absolute atomic E-state index is 0.259. The van der Waals surface area contributed by atoms with Crippen LogP contribution in [0.2, 0.25) is 0 Å². The summed E-state index contributed by atoms with van der Waals surface area (Å²) in [4.78, 5) is 0. The molecule has 0 nitrogen and oxygen atoms in total. The van der Waals surface area contributed by atoms with E-state index in [1.807, 2.05) is 0 Å². The topological polar surface area (TPSA) is 0 Å². The Balaban J connectivity index is 5.39. The molecule has 0 fully saturated rings. The standard InChI is InChI=1S/C16H21ClS4/c1-5-9-13(15(18)19-11-7-3)14(10-6-2)16(21-17)20-12-8-4/h3-4,13H,5-6,9-12H2,1-2H3/b16-14+. The molecule has 0 aromatic carbocycles. The van der Waals surface area contributed by atoms with Crippen LogP contribution in [0.3, 0.4) is 0 Å². The molecule has 5 heteroatoms. The molecule has 1 atom stereocenters. The second-order valence-corrected chi connectivity index (χ2v) is 8.27. The van der Waals surface area contributed by atoms with Gasteiger partial charge in [0.05, 0.1) is 19.9 Å². The first-order valence-electron chi connectivity index (χ1n) is 6.84. The molecule has 0 aromatic rings. The Morgan fingerprint density at radius 2 is 1.76 bits per heavy atom. The highest BCUT2D eigenvalue weighted by Gasteiger charge is 2.22. The van der Waals surface area contributed by atoms with Gasteiger partial charge in [0.15, 0.2) is 0 Å². The van der Waals surface area contributed by atoms with Gasteiger partial charge >= 0.3 is 0 Å². The van der Waals surface area contributed by atoms with Gasteiger partial charge in [0.2, 0.25) is 0 Å². The maximum atomic E-state index is 6.07. The summed E-state index contributed by atoms with van der Waals surface area (Å²) in [5, 5.41) is 0. The minimum atomic E-state index is 0.259. The molecule has 0 radical (unpaired) electrons. The summed E-state index contributed by atoms with van der Waals surface area (Å²) >= 11 is 8.83. The maximum absolute atomic E-state index is 6.07. The second-order valence-electron chi connectivity index (χ2n) is 4.29. The number of terminal acetylenes is 2. The molecule has 0 saturated heterocycles. The molecule has 21 heavy (non-hydrogen) atoms. The highest BCUT2D eigenvalue weighted by atomic mass is 35.7. The largest absolute Gasteiger partial charge is 0.119 e. The number of thioether (sulfide) groups is 2. The molecule has 0 aliphatic carbocycles. The maximum Gasteiger partial charge on any atom is 0.0597 e. The van der Waals surface area contributed by atoms with E-state index >= 15 is 0 Å². The van der Waals surface area contributed by atoms with E-state index in [0.29, 0.717) is 11.5 Å². The van der Waals surface area contributed by atoms with Crippen molar-refractivity contribution in [1.29, 1.82) is 0 Å². The quantitative estimate of drug-likeness (QED) is 0.321. The molecule has 0 aliphatic heterocycles. The van der Waals surface area contributed by atoms with Crippen LogP contribution in [0.5, 0.6) is 0 Å². The van der Waals surface area contributed by atoms with Crippen molar-refractivity contribution in [3.8, 4) is 24.7 Å². The van der Waals surface area contributed by atoms with E-state index < -0.39 is 0 Å². The van der Waals surface area contributed by atoms with Gasteiger partial charge in [-0.3, -0.25) is 0 Å². The summed E-state index contributed by atoms with van der Waals surface area (Å²) < 4.78 is 2.08. The van der Waals surface area contributed by atoms with Crippen molar-refractivity contribution >= 4 is 61.6 Å². The van der Waals surface area contributed by atoms with Crippen molar-refractivity contribution in [3.05, 3.63) is 9.81 Å². The van der Waals surface area contributed by atoms with Crippen molar-refractivity contribution in [2.24, 2.45) is 5.92 Å². The van der Waals surface area contributed by atoms with Crippen LogP contribution in [-0.2, 0) is 0 Å². The molecule has 0 aliphatic rings. The van der Waals surface area contributed by atoms with Crippen LogP contribution in [0.25, 0.3) is 0 Å². The van der Waals surface area contributed by atoms with Crippen LogP contribution in [-0.4, -0.2) is 15.7 Å². The second kappa shape index (κ2) is 13.9. The highest BCUT2D eigenvalue weighted by Crippen LogP contribution is 2.41. The molecule has 0 amide bonds. The third-order valence-electron chi connectivity index (χ3n) is 2.72. The van der Waals surface area contributed by atoms with Gasteiger partial charge in [-0.1, -0.05) is 50.7 Å². The average molecular weight is 377 g/mol. The number of rotatable bonds is 10. The van der Waals surface area contributed by atoms with E-state index in [1.54, 1.807) is 23.5 Å². The zero-order chi connectivity index (χ0) is 16.1. The summed E-state index contributed by atoms with van der Waals surface area (Å²) in [6, 6.07) is 0. The predicted molar refractivity (Wildman–Crippen MR) is 109 cm³/mol. The number of thiocarbonyl (C=S) groups is 1. The Bertz CT molecular complexity index is 429. The molecule has 0 bridgehead atoms. The van der Waals surface area contributed by atoms with E-state index in [9.17, 15) is 0 Å². The van der Waals surface area contributed by atoms with Gasteiger partial charge < -0.3 is 0 Å². The third-order valence-corrected chi connectivity index (χ3v) is 6.82. The van der Waals surface area contributed by atoms with Crippen molar-refractivity contribution in [2.45, 2.75) is 39.5 Å². The van der Waals surface area contributed by atoms with Crippen molar-refractivity contribution < 1.29 is 0 Å². The first kappa shape index (κ1) is 21.3. The Kier molecular flexibility index (Phi) is 14.1. The van der Waals surface area contributed by atoms with Gasteiger partial charge in [-0.05, 0) is 40.1 Å². The fraction of sp³-hybridized carbons (Fsp3) is 0.562. The lowest BCUT2D eigenvalue weighted by molar-refractivity contribution is 0.667. The molecule has 116 valence electrons. The highest BCUT2D eigenvalue weighted by molar-refractivity contribution is 8.34. The van der Waals surface area contributed by atoms with E-state index in [0.717, 1.165) is 34.1 Å². The number of halogens is 1. The molecular formula is C16H21ClS4. The van der Waals surface area contributed by atoms with Gasteiger partial charge in [-0.15, -0.1) is 36.4 Å². The first-order valence-corrected chi connectivity index (χ1v) is 10.9. The zero-order valence-corrected chi connectivity index (χ0v) is 16.5. The first-order chi connectivity index (χ1) is 10.2. The summed E-state index contributed by atoms with van der Waals surface area (Å²) in [7, 11) is 7.34. The van der Waals surface area contributed by atoms with E-state index in [-0.39, 0.29) is 5.92 Å². The fourth-order valence-corrected chi connectivity index (χ4v) is 5.06. The van der Waals surface area contributed by atoms with Gasteiger partial charge in [-0.2, -0.15) is 0 Å². The van der Waals surface area contributed by atoms with Crippen molar-refractivity contribution in [2.75, 3.05) is 11.5 Å². The molecule has 0 heterocycles. The third kappa shape index (κ3) is 8.48. The normalized spacial score (nSPS) is 13.0. The lowest BCUT2D eigenvalue weighted by atomic mass is 9.94. The van der Waals surface area contributed by atoms with Crippen LogP contribution < -0.4 is 0 Å². The van der Waals surface area contributed by atoms with Gasteiger partial charge in [0.1, 0.15) is 0 Å². The molecule has 0 aromatic heterocycles. The molecule has 0 saturated carbocycles. The fourth-order valence-electron chi connectivity index (χ4n) is 1.90. The molecular weight excluding hydrogens is 356 g/mol. The van der Waals surface area contributed by atoms with Gasteiger partial charge in [0, 0.05) is 5.92 Å². The van der Waals surface area contributed by atoms with Crippen LogP contribution in [0.15, 0.2) is 9.81 Å². The molecule has 0 spiro atoms.